The molecule has 1 unspecified atom stereocenters. The second-order valence-corrected chi connectivity index (χ2v) is 8.25. The van der Waals surface area contributed by atoms with E-state index in [1.54, 1.807) is 0 Å². The van der Waals surface area contributed by atoms with Crippen molar-refractivity contribution in [3.8, 4) is 0 Å². The fourth-order valence-electron chi connectivity index (χ4n) is 2.35. The van der Waals surface area contributed by atoms with Crippen molar-refractivity contribution >= 4 is 25.0 Å². The zero-order chi connectivity index (χ0) is 16.3. The van der Waals surface area contributed by atoms with Crippen LogP contribution in [0.4, 0.5) is 0 Å². The molecule has 0 N–H and O–H groups in total. The van der Waals surface area contributed by atoms with Crippen LogP contribution in [0.15, 0.2) is 42.5 Å². The van der Waals surface area contributed by atoms with E-state index >= 15 is 0 Å². The summed E-state index contributed by atoms with van der Waals surface area (Å²) in [6.45, 7) is 10.2. The van der Waals surface area contributed by atoms with Crippen molar-refractivity contribution in [2.75, 3.05) is 0 Å². The Bertz CT molecular complexity index is 646. The minimum Gasteiger partial charge on any atom is -1.00 e. The van der Waals surface area contributed by atoms with Crippen LogP contribution in [0, 0.1) is 13.8 Å². The first-order chi connectivity index (χ1) is 10.3. The van der Waals surface area contributed by atoms with Crippen LogP contribution in [0.1, 0.15) is 43.7 Å². The first-order valence-corrected chi connectivity index (χ1v) is 8.68. The van der Waals surface area contributed by atoms with Gasteiger partial charge in [-0.15, -0.1) is 0 Å². The number of carbonyl (C=O) groups excluding carboxylic acids is 1. The fraction of sp³-hybridized carbons (Fsp3) is 0.316. The molecular weight excluding hydrogens is 298 g/mol. The maximum Gasteiger partial charge on any atom is 1.00 e. The monoisotopic (exact) mass is 322 g/mol. The summed E-state index contributed by atoms with van der Waals surface area (Å²) in [6, 6.07) is 14.5. The number of aryl methyl sites for hydroxylation is 2. The first kappa shape index (κ1) is 20.1. The Balaban J connectivity index is 0.00000264. The van der Waals surface area contributed by atoms with E-state index < -0.39 is 8.15 Å². The number of aldehydes is 1. The van der Waals surface area contributed by atoms with E-state index in [0.717, 1.165) is 28.3 Å². The molecule has 0 saturated heterocycles. The van der Waals surface area contributed by atoms with E-state index in [1.165, 1.54) is 5.30 Å². The van der Waals surface area contributed by atoms with Crippen molar-refractivity contribution in [2.45, 2.75) is 40.2 Å². The molecule has 0 heterocycles. The van der Waals surface area contributed by atoms with Gasteiger partial charge < -0.3 is 5.95 Å². The number of hydrogen-bond acceptors (Lipinski definition) is 2. The van der Waals surface area contributed by atoms with Gasteiger partial charge in [0.15, 0.2) is 6.29 Å². The van der Waals surface area contributed by atoms with Gasteiger partial charge in [-0.1, -0.05) is 30.3 Å². The van der Waals surface area contributed by atoms with E-state index in [9.17, 15) is 4.79 Å². The molecule has 1 atom stereocenters. The van der Waals surface area contributed by atoms with Crippen LogP contribution in [0.25, 0.3) is 0 Å². The second kappa shape index (κ2) is 8.27. The first-order valence-electron chi connectivity index (χ1n) is 7.42. The Kier molecular flexibility index (Phi) is 7.24. The van der Waals surface area contributed by atoms with Crippen molar-refractivity contribution in [1.82, 2.24) is 0 Å². The Morgan fingerprint density at radius 1 is 1.00 bits per heavy atom. The molecule has 23 heavy (non-hydrogen) atoms. The summed E-state index contributed by atoms with van der Waals surface area (Å²) >= 11 is 0. The van der Waals surface area contributed by atoms with E-state index in [4.69, 9.17) is 4.52 Å². The van der Waals surface area contributed by atoms with E-state index in [-0.39, 0.29) is 25.9 Å². The molecule has 2 aromatic carbocycles. The molecule has 0 aromatic heterocycles. The quantitative estimate of drug-likeness (QED) is 0.483. The topological polar surface area (TPSA) is 26.3 Å². The van der Waals surface area contributed by atoms with Gasteiger partial charge in [-0.3, -0.25) is 4.79 Å². The molecule has 2 nitrogen and oxygen atoms in total. The fourth-order valence-corrected chi connectivity index (χ4v) is 4.47. The van der Waals surface area contributed by atoms with Crippen LogP contribution in [0.2, 0.25) is 0 Å². The van der Waals surface area contributed by atoms with Gasteiger partial charge in [0.25, 0.3) is 0 Å². The summed E-state index contributed by atoms with van der Waals surface area (Å²) in [7, 11) is -0.905. The van der Waals surface area contributed by atoms with Crippen LogP contribution in [0.5, 0.6) is 0 Å². The van der Waals surface area contributed by atoms with Crippen LogP contribution >= 0.6 is 8.15 Å². The Morgan fingerprint density at radius 3 is 1.96 bits per heavy atom. The smallest absolute Gasteiger partial charge is 1.00 e. The van der Waals surface area contributed by atoms with Crippen LogP contribution in [-0.2, 0) is 4.52 Å². The SMILES string of the molecule is Cc1cc(P(OC(C)(C)C)c2ccccc2)cc(C)c1C=O.[H-].[Li+]. The zero-order valence-corrected chi connectivity index (χ0v) is 15.8. The molecule has 0 saturated carbocycles. The standard InChI is InChI=1S/C19H23O2P.Li.H/c1-14-11-17(12-15(2)18(14)13-20)22(21-19(3,4)5)16-9-7-6-8-10-16;;/h6-13H,1-5H3;;/q;+1;-1. The molecule has 0 aliphatic heterocycles. The van der Waals surface area contributed by atoms with Gasteiger partial charge in [0, 0.05) is 16.2 Å². The van der Waals surface area contributed by atoms with Crippen LogP contribution in [0.3, 0.4) is 0 Å². The van der Waals surface area contributed by atoms with Crippen LogP contribution in [-0.4, -0.2) is 11.9 Å². The summed E-state index contributed by atoms with van der Waals surface area (Å²) in [6.07, 6.45) is 0.934. The largest absolute Gasteiger partial charge is 1.00 e. The summed E-state index contributed by atoms with van der Waals surface area (Å²) in [5, 5.41) is 2.34. The molecule has 0 amide bonds. The minimum atomic E-state index is -0.905. The molecule has 0 aliphatic rings. The Labute approximate surface area is 154 Å². The van der Waals surface area contributed by atoms with E-state index in [2.05, 4.69) is 45.0 Å². The van der Waals surface area contributed by atoms with Gasteiger partial charge in [-0.25, -0.2) is 0 Å². The van der Waals surface area contributed by atoms with Gasteiger partial charge in [-0.05, 0) is 57.9 Å². The van der Waals surface area contributed by atoms with Gasteiger partial charge in [0.05, 0.1) is 13.7 Å². The van der Waals surface area contributed by atoms with E-state index in [0.29, 0.717) is 0 Å². The van der Waals surface area contributed by atoms with Crippen molar-refractivity contribution < 1.29 is 29.6 Å². The Hall–Kier alpha value is -0.903. The molecule has 0 spiro atoms. The van der Waals surface area contributed by atoms with E-state index in [1.807, 2.05) is 32.0 Å². The maximum atomic E-state index is 11.2. The van der Waals surface area contributed by atoms with Gasteiger partial charge in [0.2, 0.25) is 0 Å². The summed E-state index contributed by atoms with van der Waals surface area (Å²) in [4.78, 5) is 11.2. The third-order valence-corrected chi connectivity index (χ3v) is 5.51. The van der Waals surface area contributed by atoms with Crippen molar-refractivity contribution in [2.24, 2.45) is 0 Å². The van der Waals surface area contributed by atoms with Gasteiger partial charge in [0.1, 0.15) is 0 Å². The summed E-state index contributed by atoms with van der Waals surface area (Å²) in [5.74, 6) is 0. The molecule has 0 bridgehead atoms. The van der Waals surface area contributed by atoms with Crippen LogP contribution < -0.4 is 29.5 Å². The number of benzene rings is 2. The number of carbonyl (C=O) groups is 1. The summed E-state index contributed by atoms with van der Waals surface area (Å²) < 4.78 is 6.37. The van der Waals surface area contributed by atoms with Crippen molar-refractivity contribution in [3.05, 3.63) is 59.2 Å². The summed E-state index contributed by atoms with van der Waals surface area (Å²) in [5.41, 5.74) is 2.56. The zero-order valence-electron chi connectivity index (χ0n) is 15.9. The van der Waals surface area contributed by atoms with Crippen molar-refractivity contribution in [3.63, 3.8) is 0 Å². The molecule has 118 valence electrons. The molecular formula is C19H24LiO2P. The van der Waals surface area contributed by atoms with Gasteiger partial charge in [-0.2, -0.15) is 0 Å². The predicted molar refractivity (Wildman–Crippen MR) is 95.9 cm³/mol. The molecule has 2 rings (SSSR count). The number of hydrogen-bond donors (Lipinski definition) is 0. The third kappa shape index (κ3) is 5.30. The normalized spacial score (nSPS) is 12.4. The molecule has 0 radical (unpaired) electrons. The minimum absolute atomic E-state index is 0. The molecule has 2 aromatic rings. The molecule has 0 aliphatic carbocycles. The predicted octanol–water partition coefficient (Wildman–Crippen LogP) is 1.40. The molecule has 0 fully saturated rings. The van der Waals surface area contributed by atoms with Crippen molar-refractivity contribution in [1.29, 1.82) is 0 Å². The maximum absolute atomic E-state index is 11.2. The van der Waals surface area contributed by atoms with Gasteiger partial charge >= 0.3 is 18.9 Å². The third-order valence-electron chi connectivity index (χ3n) is 3.29. The Morgan fingerprint density at radius 2 is 1.52 bits per heavy atom. The average Bonchev–Trinajstić information content (AvgIpc) is 2.44. The average molecular weight is 322 g/mol. The number of rotatable bonds is 4. The second-order valence-electron chi connectivity index (χ2n) is 6.44. The molecule has 4 heteroatoms.